The Balaban J connectivity index is 1.51. The third-order valence-electron chi connectivity index (χ3n) is 11.5. The molecule has 2 bridgehead atoms. The Morgan fingerprint density at radius 2 is 1.67 bits per heavy atom. The lowest BCUT2D eigenvalue weighted by Crippen LogP contribution is -2.64. The molecule has 16 nitrogen and oxygen atoms in total. The molecule has 0 aromatic carbocycles. The third kappa shape index (κ3) is 7.20. The average Bonchev–Trinajstić information content (AvgIpc) is 3.12. The number of hydrogen-bond donors (Lipinski definition) is 5. The van der Waals surface area contributed by atoms with Gasteiger partial charge in [0.2, 0.25) is 0 Å². The number of aliphatic carboxylic acids is 1. The zero-order valence-electron chi connectivity index (χ0n) is 27.0. The van der Waals surface area contributed by atoms with Crippen LogP contribution in [0.3, 0.4) is 0 Å². The van der Waals surface area contributed by atoms with Crippen LogP contribution >= 0.6 is 0 Å². The predicted octanol–water partition coefficient (Wildman–Crippen LogP) is 1.67. The second kappa shape index (κ2) is 13.4. The molecule has 0 radical (unpaired) electrons. The minimum atomic E-state index is -5.42. The molecule has 0 unspecified atom stereocenters. The molecule has 5 aliphatic rings. The summed E-state index contributed by atoms with van der Waals surface area (Å²) < 4.78 is 93.5. The highest BCUT2D eigenvalue weighted by Crippen LogP contribution is 2.70. The van der Waals surface area contributed by atoms with Gasteiger partial charge in [-0.1, -0.05) is 27.4 Å². The van der Waals surface area contributed by atoms with Crippen LogP contribution in [0.5, 0.6) is 0 Å². The molecular formula is C30H46O16S2. The minimum absolute atomic E-state index is 0.0156. The van der Waals surface area contributed by atoms with E-state index in [1.807, 2.05) is 6.92 Å². The molecule has 5 fully saturated rings. The zero-order valence-corrected chi connectivity index (χ0v) is 28.7. The van der Waals surface area contributed by atoms with E-state index >= 15 is 0 Å². The molecule has 18 heteroatoms. The molecule has 1 spiro atoms. The largest absolute Gasteiger partial charge is 0.481 e. The smallest absolute Gasteiger partial charge is 0.397 e. The molecule has 5 rings (SSSR count). The molecule has 1 saturated heterocycles. The molecular weight excluding hydrogens is 680 g/mol. The summed E-state index contributed by atoms with van der Waals surface area (Å²) in [5, 5.41) is 32.0. The fourth-order valence-corrected chi connectivity index (χ4v) is 10.8. The molecule has 48 heavy (non-hydrogen) atoms. The van der Waals surface area contributed by atoms with Crippen LogP contribution in [0, 0.1) is 40.4 Å². The number of carboxylic acids is 1. The van der Waals surface area contributed by atoms with Crippen molar-refractivity contribution >= 4 is 32.7 Å². The quantitative estimate of drug-likeness (QED) is 0.0879. The Bertz CT molecular complexity index is 1480. The number of fused-ring (bicyclic) bond motifs is 3. The van der Waals surface area contributed by atoms with Gasteiger partial charge in [0.05, 0.1) is 24.7 Å². The van der Waals surface area contributed by atoms with Crippen LogP contribution in [0.4, 0.5) is 0 Å². The van der Waals surface area contributed by atoms with E-state index in [4.69, 9.17) is 18.4 Å². The fraction of sp³-hybridized carbons (Fsp3) is 0.867. The van der Waals surface area contributed by atoms with E-state index in [0.717, 1.165) is 24.8 Å². The number of carbonyl (C=O) groups excluding carboxylic acids is 1. The zero-order chi connectivity index (χ0) is 35.6. The Kier molecular flexibility index (Phi) is 10.5. The maximum atomic E-state index is 12.9. The number of esters is 1. The van der Waals surface area contributed by atoms with Gasteiger partial charge in [0, 0.05) is 11.8 Å². The van der Waals surface area contributed by atoms with Gasteiger partial charge in [0.1, 0.15) is 12.2 Å². The molecule has 4 saturated carbocycles. The minimum Gasteiger partial charge on any atom is -0.481 e. The van der Waals surface area contributed by atoms with Crippen LogP contribution in [-0.4, -0.2) is 103 Å². The van der Waals surface area contributed by atoms with Crippen molar-refractivity contribution in [2.24, 2.45) is 40.4 Å². The van der Waals surface area contributed by atoms with E-state index in [0.29, 0.717) is 12.8 Å². The molecule has 0 amide bonds. The van der Waals surface area contributed by atoms with Gasteiger partial charge in [0.25, 0.3) is 0 Å². The maximum absolute atomic E-state index is 12.9. The Morgan fingerprint density at radius 3 is 2.25 bits per heavy atom. The first kappa shape index (κ1) is 37.5. The van der Waals surface area contributed by atoms with Crippen molar-refractivity contribution in [3.63, 3.8) is 0 Å². The highest BCUT2D eigenvalue weighted by Gasteiger charge is 2.67. The molecule has 274 valence electrons. The lowest BCUT2D eigenvalue weighted by Gasteiger charge is -2.62. The van der Waals surface area contributed by atoms with Crippen molar-refractivity contribution in [1.29, 1.82) is 0 Å². The molecule has 13 atom stereocenters. The van der Waals surface area contributed by atoms with Gasteiger partial charge in [0.15, 0.2) is 18.5 Å². The van der Waals surface area contributed by atoms with Gasteiger partial charge in [-0.3, -0.25) is 18.7 Å². The van der Waals surface area contributed by atoms with Crippen LogP contribution < -0.4 is 0 Å². The highest BCUT2D eigenvalue weighted by atomic mass is 32.3. The van der Waals surface area contributed by atoms with Crippen molar-refractivity contribution in [2.75, 3.05) is 6.61 Å². The SMILES string of the molecule is C=C1[C@@H]2CC[C@H]3[C@]4(C)C[C@H](O[C@@H]5O[C@H](CO)[C@@H](OS(=O)(=O)O)[C@H](OS(=O)(=O)O)[C@H]5OC(=O)CC(C)C)C[C@@H](C(=O)O)[C@H]4CC[C@]3(C2)[C@@H]1O. The highest BCUT2D eigenvalue weighted by molar-refractivity contribution is 7.81. The van der Waals surface area contributed by atoms with E-state index in [2.05, 4.69) is 10.8 Å². The summed E-state index contributed by atoms with van der Waals surface area (Å²) in [5.74, 6) is -3.25. The van der Waals surface area contributed by atoms with E-state index in [9.17, 15) is 50.8 Å². The number of rotatable bonds is 11. The molecule has 1 aliphatic heterocycles. The lowest BCUT2D eigenvalue weighted by atomic mass is 9.43. The van der Waals surface area contributed by atoms with E-state index < -0.39 is 99.0 Å². The Hall–Kier alpha value is -1.74. The second-order valence-corrected chi connectivity index (χ2v) is 16.9. The number of carboxylic acid groups (broad SMARTS) is 1. The predicted molar refractivity (Wildman–Crippen MR) is 162 cm³/mol. The van der Waals surface area contributed by atoms with Crippen LogP contribution in [0.15, 0.2) is 12.2 Å². The van der Waals surface area contributed by atoms with Crippen LogP contribution in [0.1, 0.15) is 72.1 Å². The normalized spacial score (nSPS) is 43.0. The summed E-state index contributed by atoms with van der Waals surface area (Å²) in [5.41, 5.74) is -0.319. The van der Waals surface area contributed by atoms with Crippen LogP contribution in [0.25, 0.3) is 0 Å². The standard InChI is InChI=1S/C30H46O16S2/c1-14(2)9-22(32)44-25-24(46-48(39,40)41)23(45-47(36,37)38)20(13-31)43-28(25)42-17-10-18(27(34)35)19-7-8-30-11-16(15(3)26(30)33)5-6-21(30)29(19,4)12-17/h14,16-21,23-26,28,31,33H,3,5-13H2,1-2,4H3,(H,34,35)(H,36,37,38)(H,39,40,41)/t16-,17-,18-,19-,20-,21+,23-,24+,25-,26-,28-,29-,30-/m1/s1. The van der Waals surface area contributed by atoms with Crippen LogP contribution in [0.2, 0.25) is 0 Å². The summed E-state index contributed by atoms with van der Waals surface area (Å²) in [4.78, 5) is 25.7. The van der Waals surface area contributed by atoms with Crippen molar-refractivity contribution in [2.45, 2.75) is 115 Å². The first-order valence-corrected chi connectivity index (χ1v) is 18.9. The number of carbonyl (C=O) groups is 2. The summed E-state index contributed by atoms with van der Waals surface area (Å²) in [6, 6.07) is 0. The molecule has 4 aliphatic carbocycles. The number of ether oxygens (including phenoxy) is 3. The van der Waals surface area contributed by atoms with Crippen molar-refractivity contribution in [3.8, 4) is 0 Å². The Morgan fingerprint density at radius 1 is 1.02 bits per heavy atom. The Labute approximate surface area is 280 Å². The first-order chi connectivity index (χ1) is 22.2. The lowest BCUT2D eigenvalue weighted by molar-refractivity contribution is -0.316. The third-order valence-corrected chi connectivity index (χ3v) is 12.4. The summed E-state index contributed by atoms with van der Waals surface area (Å²) >= 11 is 0. The first-order valence-electron chi connectivity index (χ1n) is 16.2. The van der Waals surface area contributed by atoms with Gasteiger partial charge in [-0.2, -0.15) is 16.8 Å². The topological polar surface area (TPSA) is 250 Å². The molecule has 5 N–H and O–H groups in total. The van der Waals surface area contributed by atoms with Crippen molar-refractivity contribution < 1.29 is 73.4 Å². The summed E-state index contributed by atoms with van der Waals surface area (Å²) in [6.45, 7) is 8.52. The average molecular weight is 727 g/mol. The maximum Gasteiger partial charge on any atom is 0.397 e. The monoisotopic (exact) mass is 726 g/mol. The summed E-state index contributed by atoms with van der Waals surface area (Å²) in [6.07, 6.45) is -7.93. The van der Waals surface area contributed by atoms with E-state index in [1.165, 1.54) is 0 Å². The second-order valence-electron chi connectivity index (χ2n) is 14.8. The summed E-state index contributed by atoms with van der Waals surface area (Å²) in [7, 11) is -10.8. The fourth-order valence-electron chi connectivity index (χ4n) is 9.82. The van der Waals surface area contributed by atoms with E-state index in [1.54, 1.807) is 13.8 Å². The van der Waals surface area contributed by atoms with Crippen molar-refractivity contribution in [3.05, 3.63) is 12.2 Å². The van der Waals surface area contributed by atoms with Gasteiger partial charge in [-0.15, -0.1) is 0 Å². The van der Waals surface area contributed by atoms with Gasteiger partial charge in [-0.25, -0.2) is 8.37 Å². The van der Waals surface area contributed by atoms with Gasteiger partial charge >= 0.3 is 32.7 Å². The van der Waals surface area contributed by atoms with Gasteiger partial charge in [-0.05, 0) is 79.6 Å². The molecule has 0 aromatic heterocycles. The molecule has 0 aromatic rings. The number of aliphatic hydroxyl groups excluding tert-OH is 2. The molecule has 1 heterocycles. The van der Waals surface area contributed by atoms with Crippen LogP contribution in [-0.2, 0) is 53.0 Å². The van der Waals surface area contributed by atoms with Crippen molar-refractivity contribution in [1.82, 2.24) is 0 Å². The number of hydrogen-bond acceptors (Lipinski definition) is 13. The number of aliphatic hydroxyl groups is 2. The van der Waals surface area contributed by atoms with E-state index in [-0.39, 0.29) is 42.9 Å². The van der Waals surface area contributed by atoms with Gasteiger partial charge < -0.3 is 29.5 Å².